The van der Waals surface area contributed by atoms with Gasteiger partial charge in [0.1, 0.15) is 0 Å². The quantitative estimate of drug-likeness (QED) is 0.804. The third kappa shape index (κ3) is 2.62. The van der Waals surface area contributed by atoms with Gasteiger partial charge in [0.25, 0.3) is 0 Å². The predicted octanol–water partition coefficient (Wildman–Crippen LogP) is 4.82. The molecule has 1 N–H and O–H groups in total. The Morgan fingerprint density at radius 2 is 1.65 bits per heavy atom. The molecule has 0 saturated heterocycles. The monoisotopic (exact) mass is 277 g/mol. The van der Waals surface area contributed by atoms with E-state index < -0.39 is 11.0 Å². The molecule has 2 heteroatoms. The van der Waals surface area contributed by atoms with E-state index in [1.165, 1.54) is 12.8 Å². The van der Waals surface area contributed by atoms with E-state index in [9.17, 15) is 10.4 Å². The van der Waals surface area contributed by atoms with Crippen molar-refractivity contribution in [3.63, 3.8) is 0 Å². The summed E-state index contributed by atoms with van der Waals surface area (Å²) in [6, 6.07) is 2.55. The van der Waals surface area contributed by atoms with E-state index in [1.54, 1.807) is 0 Å². The topological polar surface area (TPSA) is 44.0 Å². The molecule has 0 bridgehead atoms. The highest BCUT2D eigenvalue weighted by atomic mass is 16.3. The largest absolute Gasteiger partial charge is 0.388 e. The van der Waals surface area contributed by atoms with E-state index in [1.807, 2.05) is 0 Å². The van der Waals surface area contributed by atoms with Crippen molar-refractivity contribution in [3.8, 4) is 6.07 Å². The minimum Gasteiger partial charge on any atom is -0.388 e. The molecule has 2 saturated carbocycles. The summed E-state index contributed by atoms with van der Waals surface area (Å²) in [6.07, 6.45) is 10.3. The molecule has 2 aliphatic carbocycles. The molecular formula is C18H31NO. The van der Waals surface area contributed by atoms with Crippen LogP contribution in [0.4, 0.5) is 0 Å². The average molecular weight is 277 g/mol. The maximum atomic E-state index is 11.2. The zero-order chi connectivity index (χ0) is 14.9. The Balaban J connectivity index is 2.09. The molecule has 0 aromatic carbocycles. The van der Waals surface area contributed by atoms with Crippen LogP contribution in [0.5, 0.6) is 0 Å². The van der Waals surface area contributed by atoms with Gasteiger partial charge in [-0.25, -0.2) is 0 Å². The molecule has 0 spiro atoms. The second-order valence-corrected chi connectivity index (χ2v) is 7.90. The van der Waals surface area contributed by atoms with E-state index in [-0.39, 0.29) is 0 Å². The standard InChI is InChI=1S/C18H31NO/c1-4-16(2,3)15-8-12-18(20,13-9-15)17(14-19)10-6-5-7-11-17/h15,20H,4-13H2,1-3H3. The lowest BCUT2D eigenvalue weighted by atomic mass is 9.56. The molecular weight excluding hydrogens is 246 g/mol. The van der Waals surface area contributed by atoms with Gasteiger partial charge in [-0.15, -0.1) is 0 Å². The summed E-state index contributed by atoms with van der Waals surface area (Å²) in [5, 5.41) is 20.9. The Bertz CT molecular complexity index is 365. The Kier molecular flexibility index (Phi) is 4.50. The van der Waals surface area contributed by atoms with Gasteiger partial charge in [-0.1, -0.05) is 46.5 Å². The first-order valence-corrected chi connectivity index (χ1v) is 8.53. The number of rotatable bonds is 3. The van der Waals surface area contributed by atoms with Crippen LogP contribution in [-0.4, -0.2) is 10.7 Å². The lowest BCUT2D eigenvalue weighted by Gasteiger charge is -2.50. The molecule has 2 rings (SSSR count). The SMILES string of the molecule is CCC(C)(C)C1CCC(O)(C2(C#N)CCCCC2)CC1. The van der Waals surface area contributed by atoms with Crippen LogP contribution in [0.15, 0.2) is 0 Å². The van der Waals surface area contributed by atoms with E-state index in [0.717, 1.165) is 51.4 Å². The van der Waals surface area contributed by atoms with Gasteiger partial charge in [-0.3, -0.25) is 0 Å². The summed E-state index contributed by atoms with van der Waals surface area (Å²) in [5.41, 5.74) is -0.803. The molecule has 0 atom stereocenters. The molecule has 0 unspecified atom stereocenters. The van der Waals surface area contributed by atoms with Crippen LogP contribution in [0, 0.1) is 28.1 Å². The molecule has 0 aromatic heterocycles. The smallest absolute Gasteiger partial charge is 0.0860 e. The van der Waals surface area contributed by atoms with Crippen molar-refractivity contribution in [1.29, 1.82) is 5.26 Å². The number of aliphatic hydroxyl groups is 1. The highest BCUT2D eigenvalue weighted by Crippen LogP contribution is 2.53. The van der Waals surface area contributed by atoms with Crippen LogP contribution in [0.1, 0.15) is 85.0 Å². The maximum absolute atomic E-state index is 11.2. The Morgan fingerprint density at radius 1 is 1.10 bits per heavy atom. The first-order chi connectivity index (χ1) is 9.39. The molecule has 2 aliphatic rings. The molecule has 0 radical (unpaired) electrons. The van der Waals surface area contributed by atoms with Crippen molar-refractivity contribution in [2.75, 3.05) is 0 Å². The number of hydrogen-bond acceptors (Lipinski definition) is 2. The Morgan fingerprint density at radius 3 is 2.10 bits per heavy atom. The van der Waals surface area contributed by atoms with Crippen LogP contribution in [-0.2, 0) is 0 Å². The van der Waals surface area contributed by atoms with Gasteiger partial charge in [0.2, 0.25) is 0 Å². The Labute approximate surface area is 124 Å². The fourth-order valence-corrected chi connectivity index (χ4v) is 4.48. The van der Waals surface area contributed by atoms with E-state index in [0.29, 0.717) is 11.3 Å². The Hall–Kier alpha value is -0.550. The van der Waals surface area contributed by atoms with Gasteiger partial charge in [0.05, 0.1) is 17.1 Å². The maximum Gasteiger partial charge on any atom is 0.0860 e. The zero-order valence-corrected chi connectivity index (χ0v) is 13.5. The van der Waals surface area contributed by atoms with Crippen molar-refractivity contribution in [2.24, 2.45) is 16.7 Å². The predicted molar refractivity (Wildman–Crippen MR) is 82.1 cm³/mol. The van der Waals surface area contributed by atoms with Crippen molar-refractivity contribution >= 4 is 0 Å². The lowest BCUT2D eigenvalue weighted by Crippen LogP contribution is -2.51. The molecule has 2 fully saturated rings. The number of hydrogen-bond donors (Lipinski definition) is 1. The molecule has 114 valence electrons. The van der Waals surface area contributed by atoms with Crippen LogP contribution < -0.4 is 0 Å². The van der Waals surface area contributed by atoms with Gasteiger partial charge >= 0.3 is 0 Å². The van der Waals surface area contributed by atoms with E-state index in [2.05, 4.69) is 26.8 Å². The van der Waals surface area contributed by atoms with Crippen molar-refractivity contribution < 1.29 is 5.11 Å². The summed E-state index contributed by atoms with van der Waals surface area (Å²) in [5.74, 6) is 0.701. The third-order valence-corrected chi connectivity index (χ3v) is 6.64. The van der Waals surface area contributed by atoms with Crippen LogP contribution >= 0.6 is 0 Å². The summed E-state index contributed by atoms with van der Waals surface area (Å²) >= 11 is 0. The molecule has 0 heterocycles. The van der Waals surface area contributed by atoms with Gasteiger partial charge in [-0.2, -0.15) is 5.26 Å². The van der Waals surface area contributed by atoms with E-state index in [4.69, 9.17) is 0 Å². The molecule has 0 aromatic rings. The van der Waals surface area contributed by atoms with Crippen molar-refractivity contribution in [3.05, 3.63) is 0 Å². The van der Waals surface area contributed by atoms with E-state index >= 15 is 0 Å². The molecule has 0 amide bonds. The third-order valence-electron chi connectivity index (χ3n) is 6.64. The summed E-state index contributed by atoms with van der Waals surface area (Å²) in [7, 11) is 0. The highest BCUT2D eigenvalue weighted by molar-refractivity contribution is 5.13. The minimum atomic E-state index is -0.720. The van der Waals surface area contributed by atoms with Gasteiger partial charge in [0, 0.05) is 0 Å². The summed E-state index contributed by atoms with van der Waals surface area (Å²) in [4.78, 5) is 0. The molecule has 2 nitrogen and oxygen atoms in total. The fraction of sp³-hybridized carbons (Fsp3) is 0.944. The number of nitrogens with zero attached hydrogens (tertiary/aromatic N) is 1. The zero-order valence-electron chi connectivity index (χ0n) is 13.5. The second-order valence-electron chi connectivity index (χ2n) is 7.90. The lowest BCUT2D eigenvalue weighted by molar-refractivity contribution is -0.113. The van der Waals surface area contributed by atoms with Gasteiger partial charge in [0.15, 0.2) is 0 Å². The van der Waals surface area contributed by atoms with Crippen LogP contribution in [0.2, 0.25) is 0 Å². The summed E-state index contributed by atoms with van der Waals surface area (Å²) in [6.45, 7) is 6.96. The second kappa shape index (κ2) is 5.68. The first kappa shape index (κ1) is 15.8. The summed E-state index contributed by atoms with van der Waals surface area (Å²) < 4.78 is 0. The number of nitriles is 1. The highest BCUT2D eigenvalue weighted by Gasteiger charge is 2.53. The molecule has 20 heavy (non-hydrogen) atoms. The normalized spacial score (nSPS) is 34.5. The van der Waals surface area contributed by atoms with Crippen molar-refractivity contribution in [1.82, 2.24) is 0 Å². The average Bonchev–Trinajstić information content (AvgIpc) is 2.48. The fourth-order valence-electron chi connectivity index (χ4n) is 4.48. The minimum absolute atomic E-state index is 0.369. The van der Waals surface area contributed by atoms with Crippen molar-refractivity contribution in [2.45, 2.75) is 90.6 Å². The van der Waals surface area contributed by atoms with Crippen LogP contribution in [0.3, 0.4) is 0 Å². The van der Waals surface area contributed by atoms with Crippen LogP contribution in [0.25, 0.3) is 0 Å². The molecule has 0 aliphatic heterocycles. The first-order valence-electron chi connectivity index (χ1n) is 8.53. The van der Waals surface area contributed by atoms with Gasteiger partial charge in [-0.05, 0) is 49.9 Å². The van der Waals surface area contributed by atoms with Gasteiger partial charge < -0.3 is 5.11 Å².